The van der Waals surface area contributed by atoms with Crippen molar-refractivity contribution in [1.82, 2.24) is 24.8 Å². The van der Waals surface area contributed by atoms with Gasteiger partial charge in [-0.2, -0.15) is 0 Å². The van der Waals surface area contributed by atoms with Crippen molar-refractivity contribution >= 4 is 6.03 Å². The Kier molecular flexibility index (Phi) is 5.21. The maximum absolute atomic E-state index is 12.8. The fourth-order valence-corrected chi connectivity index (χ4v) is 3.38. The number of nitrogens with one attached hydrogen (secondary N) is 1. The molecule has 1 N–H and O–H groups in total. The molecule has 0 aliphatic carbocycles. The lowest BCUT2D eigenvalue weighted by Gasteiger charge is -2.27. The molecule has 1 saturated heterocycles. The first kappa shape index (κ1) is 17.3. The summed E-state index contributed by atoms with van der Waals surface area (Å²) < 4.78 is 7.44. The van der Waals surface area contributed by atoms with Crippen LogP contribution in [-0.2, 0) is 6.54 Å². The van der Waals surface area contributed by atoms with Gasteiger partial charge in [-0.25, -0.2) is 9.78 Å². The zero-order chi connectivity index (χ0) is 17.8. The van der Waals surface area contributed by atoms with Gasteiger partial charge in [-0.1, -0.05) is 0 Å². The molecule has 0 radical (unpaired) electrons. The van der Waals surface area contributed by atoms with Crippen molar-refractivity contribution < 1.29 is 9.53 Å². The summed E-state index contributed by atoms with van der Waals surface area (Å²) in [6, 6.07) is 1.88. The lowest BCUT2D eigenvalue weighted by molar-refractivity contribution is 0.184. The number of hydrogen-bond acceptors (Lipinski definition) is 4. The number of amides is 2. The summed E-state index contributed by atoms with van der Waals surface area (Å²) in [7, 11) is 1.61. The quantitative estimate of drug-likeness (QED) is 0.905. The molecule has 1 fully saturated rings. The van der Waals surface area contributed by atoms with Crippen molar-refractivity contribution in [1.29, 1.82) is 0 Å². The van der Waals surface area contributed by atoms with E-state index in [-0.39, 0.29) is 18.1 Å². The molecule has 2 aromatic rings. The number of carbonyl (C=O) groups excluding carboxylic acids is 1. The van der Waals surface area contributed by atoms with Gasteiger partial charge in [0.1, 0.15) is 11.6 Å². The van der Waals surface area contributed by atoms with Crippen LogP contribution in [0.15, 0.2) is 30.9 Å². The van der Waals surface area contributed by atoms with Crippen molar-refractivity contribution in [2.24, 2.45) is 0 Å². The number of ether oxygens (including phenoxy) is 1. The SMILES string of the molecule is COc1cnccc1[C@H](C)NC(=O)N1CCC[C@H]1Cn1ccnc1C. The number of methoxy groups -OCH3 is 1. The highest BCUT2D eigenvalue weighted by atomic mass is 16.5. The third-order valence-corrected chi connectivity index (χ3v) is 4.81. The van der Waals surface area contributed by atoms with Gasteiger partial charge in [0.05, 0.1) is 25.4 Å². The maximum Gasteiger partial charge on any atom is 0.318 e. The van der Waals surface area contributed by atoms with Crippen molar-refractivity contribution in [2.75, 3.05) is 13.7 Å². The molecule has 2 atom stereocenters. The van der Waals surface area contributed by atoms with E-state index in [1.165, 1.54) is 0 Å². The minimum absolute atomic E-state index is 0.0355. The van der Waals surface area contributed by atoms with Crippen LogP contribution in [0.4, 0.5) is 4.79 Å². The van der Waals surface area contributed by atoms with Gasteiger partial charge in [0.2, 0.25) is 0 Å². The van der Waals surface area contributed by atoms with E-state index in [1.807, 2.05) is 31.0 Å². The van der Waals surface area contributed by atoms with Gasteiger partial charge in [-0.05, 0) is 32.8 Å². The van der Waals surface area contributed by atoms with Crippen LogP contribution in [0.25, 0.3) is 0 Å². The summed E-state index contributed by atoms with van der Waals surface area (Å²) in [5, 5.41) is 3.09. The predicted molar refractivity (Wildman–Crippen MR) is 94.4 cm³/mol. The van der Waals surface area contributed by atoms with Crippen LogP contribution in [-0.4, -0.2) is 45.2 Å². The standard InChI is InChI=1S/C18H25N5O2/c1-13(16-6-7-19-11-17(16)25-3)21-18(24)23-9-4-5-15(23)12-22-10-8-20-14(22)2/h6-8,10-11,13,15H,4-5,9,12H2,1-3H3,(H,21,24)/t13-,15-/m0/s1. The smallest absolute Gasteiger partial charge is 0.318 e. The first-order valence-electron chi connectivity index (χ1n) is 8.63. The number of likely N-dealkylation sites (tertiary alicyclic amines) is 1. The number of hydrogen-bond donors (Lipinski definition) is 1. The van der Waals surface area contributed by atoms with Crippen molar-refractivity contribution in [3.05, 3.63) is 42.2 Å². The third-order valence-electron chi connectivity index (χ3n) is 4.81. The van der Waals surface area contributed by atoms with Crippen molar-refractivity contribution in [3.8, 4) is 5.75 Å². The molecule has 3 heterocycles. The highest BCUT2D eigenvalue weighted by Gasteiger charge is 2.30. The number of rotatable bonds is 5. The first-order chi connectivity index (χ1) is 12.1. The Morgan fingerprint density at radius 1 is 1.48 bits per heavy atom. The number of urea groups is 1. The average Bonchev–Trinajstić information content (AvgIpc) is 3.24. The van der Waals surface area contributed by atoms with Crippen molar-refractivity contribution in [3.63, 3.8) is 0 Å². The Hall–Kier alpha value is -2.57. The summed E-state index contributed by atoms with van der Waals surface area (Å²) in [5.41, 5.74) is 0.923. The van der Waals surface area contributed by atoms with E-state index in [4.69, 9.17) is 4.74 Å². The second kappa shape index (κ2) is 7.55. The Bertz CT molecular complexity index is 730. The van der Waals surface area contributed by atoms with Crippen LogP contribution in [0.3, 0.4) is 0 Å². The molecule has 3 rings (SSSR count). The summed E-state index contributed by atoms with van der Waals surface area (Å²) in [6.45, 7) is 5.51. The number of imidazole rings is 1. The summed E-state index contributed by atoms with van der Waals surface area (Å²) in [6.07, 6.45) is 9.18. The highest BCUT2D eigenvalue weighted by Crippen LogP contribution is 2.25. The molecule has 25 heavy (non-hydrogen) atoms. The largest absolute Gasteiger partial charge is 0.495 e. The molecule has 0 bridgehead atoms. The van der Waals surface area contributed by atoms with Crippen LogP contribution in [0, 0.1) is 6.92 Å². The molecule has 1 aliphatic rings. The molecule has 1 aliphatic heterocycles. The highest BCUT2D eigenvalue weighted by molar-refractivity contribution is 5.75. The molecule has 0 unspecified atom stereocenters. The van der Waals surface area contributed by atoms with E-state index in [2.05, 4.69) is 19.9 Å². The topological polar surface area (TPSA) is 72.3 Å². The Labute approximate surface area is 148 Å². The van der Waals surface area contributed by atoms with Gasteiger partial charge >= 0.3 is 6.03 Å². The summed E-state index contributed by atoms with van der Waals surface area (Å²) >= 11 is 0. The number of aryl methyl sites for hydroxylation is 1. The lowest BCUT2D eigenvalue weighted by atomic mass is 10.1. The lowest BCUT2D eigenvalue weighted by Crippen LogP contribution is -2.45. The van der Waals surface area contributed by atoms with Crippen LogP contribution in [0.1, 0.15) is 37.2 Å². The van der Waals surface area contributed by atoms with Gasteiger partial charge in [-0.15, -0.1) is 0 Å². The minimum Gasteiger partial charge on any atom is -0.495 e. The summed E-state index contributed by atoms with van der Waals surface area (Å²) in [4.78, 5) is 23.0. The predicted octanol–water partition coefficient (Wildman–Crippen LogP) is 2.53. The maximum atomic E-state index is 12.8. The van der Waals surface area contributed by atoms with E-state index in [1.54, 1.807) is 25.7 Å². The molecule has 0 saturated carbocycles. The molecule has 0 aromatic carbocycles. The van der Waals surface area contributed by atoms with Crippen LogP contribution in [0.5, 0.6) is 5.75 Å². The summed E-state index contributed by atoms with van der Waals surface area (Å²) in [5.74, 6) is 1.66. The van der Waals surface area contributed by atoms with Gasteiger partial charge in [-0.3, -0.25) is 4.98 Å². The Morgan fingerprint density at radius 2 is 2.32 bits per heavy atom. The normalized spacial score (nSPS) is 18.2. The number of aromatic nitrogens is 3. The van der Waals surface area contributed by atoms with E-state index >= 15 is 0 Å². The molecule has 7 heteroatoms. The fraction of sp³-hybridized carbons (Fsp3) is 0.500. The van der Waals surface area contributed by atoms with Gasteiger partial charge in [0.15, 0.2) is 0 Å². The van der Waals surface area contributed by atoms with E-state index in [9.17, 15) is 4.79 Å². The van der Waals surface area contributed by atoms with Crippen LogP contribution < -0.4 is 10.1 Å². The third kappa shape index (κ3) is 3.75. The van der Waals surface area contributed by atoms with Gasteiger partial charge in [0, 0.05) is 37.2 Å². The molecule has 2 aromatic heterocycles. The number of pyridine rings is 1. The van der Waals surface area contributed by atoms with Crippen LogP contribution >= 0.6 is 0 Å². The molecule has 134 valence electrons. The molecule has 0 spiro atoms. The van der Waals surface area contributed by atoms with E-state index in [0.717, 1.165) is 37.3 Å². The second-order valence-corrected chi connectivity index (χ2v) is 6.41. The van der Waals surface area contributed by atoms with Gasteiger partial charge < -0.3 is 19.5 Å². The molecule has 2 amide bonds. The monoisotopic (exact) mass is 343 g/mol. The Balaban J connectivity index is 1.66. The molecular formula is C18H25N5O2. The number of nitrogens with zero attached hydrogens (tertiary/aromatic N) is 4. The van der Waals surface area contributed by atoms with E-state index in [0.29, 0.717) is 5.75 Å². The fourth-order valence-electron chi connectivity index (χ4n) is 3.38. The van der Waals surface area contributed by atoms with E-state index < -0.39 is 0 Å². The minimum atomic E-state index is -0.151. The molecular weight excluding hydrogens is 318 g/mol. The first-order valence-corrected chi connectivity index (χ1v) is 8.63. The van der Waals surface area contributed by atoms with Crippen LogP contribution in [0.2, 0.25) is 0 Å². The average molecular weight is 343 g/mol. The van der Waals surface area contributed by atoms with Crippen molar-refractivity contribution in [2.45, 2.75) is 45.3 Å². The van der Waals surface area contributed by atoms with Gasteiger partial charge in [0.25, 0.3) is 0 Å². The Morgan fingerprint density at radius 3 is 3.04 bits per heavy atom. The zero-order valence-electron chi connectivity index (χ0n) is 15.0. The molecule has 7 nitrogen and oxygen atoms in total. The second-order valence-electron chi connectivity index (χ2n) is 6.41. The zero-order valence-corrected chi connectivity index (χ0v) is 15.0. The number of carbonyl (C=O) groups is 1.